The molecule has 0 spiro atoms. The first-order valence-electron chi connectivity index (χ1n) is 14.9. The van der Waals surface area contributed by atoms with Crippen LogP contribution in [0.2, 0.25) is 5.02 Å². The Bertz CT molecular complexity index is 1630. The lowest BCUT2D eigenvalue weighted by Crippen LogP contribution is -2.43. The Morgan fingerprint density at radius 2 is 1.86 bits per heavy atom. The topological polar surface area (TPSA) is 79.4 Å². The number of H-pyrrole nitrogens is 1. The smallest absolute Gasteiger partial charge is 0.319 e. The van der Waals surface area contributed by atoms with Crippen LogP contribution in [0.5, 0.6) is 11.8 Å². The number of nitrogens with zero attached hydrogens (tertiary/aromatic N) is 5. The molecular formula is C31H35ClF2N6O2. The van der Waals surface area contributed by atoms with E-state index in [0.717, 1.165) is 78.6 Å². The molecule has 0 bridgehead atoms. The zero-order valence-corrected chi connectivity index (χ0v) is 24.7. The number of hydrogen-bond acceptors (Lipinski definition) is 7. The highest BCUT2D eigenvalue weighted by molar-refractivity contribution is 6.35. The van der Waals surface area contributed by atoms with E-state index in [0.29, 0.717) is 28.5 Å². The Hall–Kier alpha value is -3.24. The number of nitrogens with one attached hydrogen (secondary N) is 1. The number of alkyl halides is 2. The van der Waals surface area contributed by atoms with E-state index in [1.807, 2.05) is 25.1 Å². The van der Waals surface area contributed by atoms with E-state index < -0.39 is 12.0 Å². The molecular weight excluding hydrogens is 562 g/mol. The Morgan fingerprint density at radius 3 is 2.60 bits per heavy atom. The molecule has 222 valence electrons. The molecule has 4 heterocycles. The molecule has 42 heavy (non-hydrogen) atoms. The highest BCUT2D eigenvalue weighted by Gasteiger charge is 2.47. The maximum Gasteiger partial charge on any atom is 0.319 e. The van der Waals surface area contributed by atoms with Gasteiger partial charge in [0.1, 0.15) is 24.0 Å². The van der Waals surface area contributed by atoms with Gasteiger partial charge in [0.25, 0.3) is 5.92 Å². The standard InChI is InChI=1S/C31H35ClF2N6O2/c1-18-8-9-24-22(16-35-38-24)25(18)26-23(32)13-21-27(28(26)42-20-14-31(33,34)15-20)36-30(41-17-19-7-6-10-39(19)2)37-29(21)40-11-4-3-5-12-40/h8-9,13,16,19-20H,3-7,10-12,14-15,17H2,1-2H3,(H,35,38)/t19-/m0/s1. The fourth-order valence-corrected chi connectivity index (χ4v) is 6.89. The lowest BCUT2D eigenvalue weighted by Gasteiger charge is -2.36. The minimum Gasteiger partial charge on any atom is -0.487 e. The maximum absolute atomic E-state index is 14.0. The lowest BCUT2D eigenvalue weighted by atomic mass is 9.90. The van der Waals surface area contributed by atoms with Gasteiger partial charge in [-0.05, 0) is 70.3 Å². The van der Waals surface area contributed by atoms with Gasteiger partial charge in [-0.1, -0.05) is 17.7 Å². The number of aromatic amines is 1. The predicted molar refractivity (Wildman–Crippen MR) is 160 cm³/mol. The van der Waals surface area contributed by atoms with Crippen molar-refractivity contribution >= 4 is 39.2 Å². The molecule has 1 aliphatic carbocycles. The van der Waals surface area contributed by atoms with Crippen molar-refractivity contribution in [3.8, 4) is 22.9 Å². The molecule has 2 aromatic carbocycles. The Kier molecular flexibility index (Phi) is 7.09. The number of halogens is 3. The Morgan fingerprint density at radius 1 is 1.05 bits per heavy atom. The SMILES string of the molecule is Cc1ccc2[nH]ncc2c1-c1c(Cl)cc2c(N3CCCCC3)nc(OC[C@@H]3CCCN3C)nc2c1OC1CC(F)(F)C1. The van der Waals surface area contributed by atoms with Crippen LogP contribution >= 0.6 is 11.6 Å². The predicted octanol–water partition coefficient (Wildman–Crippen LogP) is 6.77. The van der Waals surface area contributed by atoms with Crippen LogP contribution in [0.1, 0.15) is 50.5 Å². The van der Waals surface area contributed by atoms with Crippen LogP contribution in [0.3, 0.4) is 0 Å². The van der Waals surface area contributed by atoms with Gasteiger partial charge in [-0.3, -0.25) is 5.10 Å². The lowest BCUT2D eigenvalue weighted by molar-refractivity contribution is -0.134. The maximum atomic E-state index is 14.0. The number of ether oxygens (including phenoxy) is 2. The van der Waals surface area contributed by atoms with Crippen LogP contribution in [-0.2, 0) is 0 Å². The van der Waals surface area contributed by atoms with Crippen molar-refractivity contribution in [2.45, 2.75) is 69.9 Å². The molecule has 2 aromatic heterocycles. The van der Waals surface area contributed by atoms with E-state index >= 15 is 0 Å². The summed E-state index contributed by atoms with van der Waals surface area (Å²) >= 11 is 7.13. The summed E-state index contributed by atoms with van der Waals surface area (Å²) < 4.78 is 40.8. The van der Waals surface area contributed by atoms with Crippen LogP contribution in [0.15, 0.2) is 24.4 Å². The van der Waals surface area contributed by atoms with Crippen LogP contribution in [-0.4, -0.2) is 76.4 Å². The van der Waals surface area contributed by atoms with E-state index in [4.69, 9.17) is 31.0 Å². The molecule has 3 fully saturated rings. The normalized spacial score (nSPS) is 21.3. The summed E-state index contributed by atoms with van der Waals surface area (Å²) in [6, 6.07) is 6.40. The molecule has 0 amide bonds. The van der Waals surface area contributed by atoms with Gasteiger partial charge in [0.05, 0.1) is 16.7 Å². The zero-order valence-electron chi connectivity index (χ0n) is 23.9. The second kappa shape index (κ2) is 10.8. The average Bonchev–Trinajstić information content (AvgIpc) is 3.60. The van der Waals surface area contributed by atoms with Crippen molar-refractivity contribution in [2.24, 2.45) is 0 Å². The molecule has 0 unspecified atom stereocenters. The van der Waals surface area contributed by atoms with Gasteiger partial charge in [0.2, 0.25) is 0 Å². The summed E-state index contributed by atoms with van der Waals surface area (Å²) in [7, 11) is 2.11. The quantitative estimate of drug-likeness (QED) is 0.252. The summed E-state index contributed by atoms with van der Waals surface area (Å²) in [5, 5.41) is 9.32. The molecule has 7 rings (SSSR count). The first-order valence-corrected chi connectivity index (χ1v) is 15.2. The number of fused-ring (bicyclic) bond motifs is 2. The van der Waals surface area contributed by atoms with Crippen molar-refractivity contribution in [2.75, 3.05) is 38.2 Å². The van der Waals surface area contributed by atoms with Gasteiger partial charge in [-0.25, -0.2) is 8.78 Å². The number of anilines is 1. The fraction of sp³-hybridized carbons (Fsp3) is 0.516. The summed E-state index contributed by atoms with van der Waals surface area (Å²) in [6.45, 7) is 5.22. The number of hydrogen-bond donors (Lipinski definition) is 1. The van der Waals surface area contributed by atoms with Crippen molar-refractivity contribution < 1.29 is 18.3 Å². The molecule has 2 aliphatic heterocycles. The van der Waals surface area contributed by atoms with Crippen LogP contribution in [0, 0.1) is 6.92 Å². The van der Waals surface area contributed by atoms with Gasteiger partial charge >= 0.3 is 6.01 Å². The second-order valence-electron chi connectivity index (χ2n) is 12.0. The van der Waals surface area contributed by atoms with E-state index in [1.54, 1.807) is 6.20 Å². The van der Waals surface area contributed by atoms with Gasteiger partial charge in [-0.2, -0.15) is 15.1 Å². The minimum atomic E-state index is -2.74. The summed E-state index contributed by atoms with van der Waals surface area (Å²) in [4.78, 5) is 14.4. The van der Waals surface area contributed by atoms with Crippen molar-refractivity contribution in [1.29, 1.82) is 0 Å². The largest absolute Gasteiger partial charge is 0.487 e. The summed E-state index contributed by atoms with van der Waals surface area (Å²) in [5.74, 6) is -1.61. The second-order valence-corrected chi connectivity index (χ2v) is 12.4. The van der Waals surface area contributed by atoms with Crippen LogP contribution < -0.4 is 14.4 Å². The van der Waals surface area contributed by atoms with E-state index in [9.17, 15) is 8.78 Å². The number of benzene rings is 2. The van der Waals surface area contributed by atoms with E-state index in [2.05, 4.69) is 27.0 Å². The number of aromatic nitrogens is 4. The zero-order chi connectivity index (χ0) is 29.0. The Balaban J connectivity index is 1.43. The third kappa shape index (κ3) is 5.02. The van der Waals surface area contributed by atoms with E-state index in [-0.39, 0.29) is 24.9 Å². The third-order valence-electron chi connectivity index (χ3n) is 9.01. The number of aryl methyl sites for hydroxylation is 1. The number of likely N-dealkylation sites (tertiary alicyclic amines) is 1. The molecule has 4 aromatic rings. The van der Waals surface area contributed by atoms with Crippen LogP contribution in [0.4, 0.5) is 14.6 Å². The van der Waals surface area contributed by atoms with Crippen molar-refractivity contribution in [3.63, 3.8) is 0 Å². The van der Waals surface area contributed by atoms with Crippen LogP contribution in [0.25, 0.3) is 32.9 Å². The molecule has 2 saturated heterocycles. The van der Waals surface area contributed by atoms with Gasteiger partial charge in [0, 0.05) is 53.9 Å². The molecule has 1 atom stereocenters. The van der Waals surface area contributed by atoms with Crippen molar-refractivity contribution in [3.05, 3.63) is 35.0 Å². The fourth-order valence-electron chi connectivity index (χ4n) is 6.60. The van der Waals surface area contributed by atoms with Gasteiger partial charge < -0.3 is 19.3 Å². The van der Waals surface area contributed by atoms with Crippen molar-refractivity contribution in [1.82, 2.24) is 25.1 Å². The molecule has 1 N–H and O–H groups in total. The first kappa shape index (κ1) is 27.6. The number of piperidine rings is 1. The minimum absolute atomic E-state index is 0.263. The molecule has 8 nitrogen and oxygen atoms in total. The monoisotopic (exact) mass is 596 g/mol. The number of rotatable bonds is 7. The summed E-state index contributed by atoms with van der Waals surface area (Å²) in [6.07, 6.45) is 5.87. The summed E-state index contributed by atoms with van der Waals surface area (Å²) in [5.41, 5.74) is 3.78. The van der Waals surface area contributed by atoms with E-state index in [1.165, 1.54) is 6.42 Å². The first-order chi connectivity index (χ1) is 20.3. The average molecular weight is 597 g/mol. The third-order valence-corrected chi connectivity index (χ3v) is 9.31. The highest BCUT2D eigenvalue weighted by atomic mass is 35.5. The number of likely N-dealkylation sites (N-methyl/N-ethyl adjacent to an activating group) is 1. The van der Waals surface area contributed by atoms with Gasteiger partial charge in [0.15, 0.2) is 5.75 Å². The molecule has 1 saturated carbocycles. The molecule has 11 heteroatoms. The molecule has 0 radical (unpaired) electrons. The molecule has 3 aliphatic rings. The van der Waals surface area contributed by atoms with Gasteiger partial charge in [-0.15, -0.1) is 0 Å². The highest BCUT2D eigenvalue weighted by Crippen LogP contribution is 2.50. The Labute approximate surface area is 248 Å².